The highest BCUT2D eigenvalue weighted by atomic mass is 32.2. The fourth-order valence-electron chi connectivity index (χ4n) is 1.68. The van der Waals surface area contributed by atoms with Crippen LogP contribution in [0.4, 0.5) is 0 Å². The number of imidazole rings is 1. The van der Waals surface area contributed by atoms with E-state index in [-0.39, 0.29) is 36.0 Å². The fraction of sp³-hybridized carbons (Fsp3) is 0.444. The zero-order chi connectivity index (χ0) is 13.3. The number of carbonyl (C=O) groups is 2. The van der Waals surface area contributed by atoms with Crippen molar-refractivity contribution in [1.29, 1.82) is 0 Å². The first-order chi connectivity index (χ1) is 8.41. The monoisotopic (exact) mass is 273 g/mol. The highest BCUT2D eigenvalue weighted by Gasteiger charge is 2.29. The number of nitrogens with one attached hydrogen (secondary N) is 1. The first-order valence-corrected chi connectivity index (χ1v) is 6.99. The maximum absolute atomic E-state index is 12.0. The van der Waals surface area contributed by atoms with E-state index >= 15 is 0 Å². The standard InChI is InChI=1S/C9H11N3O5S/c13-8(6-7(9(14)15)11-5-10-6)12-1-3-18(16,17)4-2-12/h5H,1-4H2,(H,10,11)(H,14,15). The van der Waals surface area contributed by atoms with E-state index in [0.29, 0.717) is 0 Å². The summed E-state index contributed by atoms with van der Waals surface area (Å²) in [5.74, 6) is -2.05. The normalized spacial score (nSPS) is 18.6. The highest BCUT2D eigenvalue weighted by Crippen LogP contribution is 2.11. The summed E-state index contributed by atoms with van der Waals surface area (Å²) in [6.07, 6.45) is 1.12. The predicted molar refractivity (Wildman–Crippen MR) is 60.1 cm³/mol. The minimum atomic E-state index is -3.08. The Bertz CT molecular complexity index is 577. The smallest absolute Gasteiger partial charge is 0.354 e. The molecule has 0 aliphatic carbocycles. The largest absolute Gasteiger partial charge is 0.477 e. The fourth-order valence-corrected chi connectivity index (χ4v) is 2.89. The van der Waals surface area contributed by atoms with Gasteiger partial charge in [-0.25, -0.2) is 18.2 Å². The lowest BCUT2D eigenvalue weighted by atomic mass is 10.3. The van der Waals surface area contributed by atoms with Crippen molar-refractivity contribution in [3.05, 3.63) is 17.7 Å². The second-order valence-corrected chi connectivity index (χ2v) is 6.18. The summed E-state index contributed by atoms with van der Waals surface area (Å²) in [7, 11) is -3.08. The Morgan fingerprint density at radius 1 is 1.33 bits per heavy atom. The molecule has 1 aromatic heterocycles. The van der Waals surface area contributed by atoms with Gasteiger partial charge in [0.25, 0.3) is 5.91 Å². The number of H-pyrrole nitrogens is 1. The number of aromatic nitrogens is 2. The lowest BCUT2D eigenvalue weighted by Crippen LogP contribution is -2.44. The van der Waals surface area contributed by atoms with Crippen LogP contribution in [0.1, 0.15) is 21.0 Å². The molecule has 1 aliphatic heterocycles. The summed E-state index contributed by atoms with van der Waals surface area (Å²) in [5, 5.41) is 8.85. The molecule has 1 saturated heterocycles. The molecule has 18 heavy (non-hydrogen) atoms. The number of amides is 1. The van der Waals surface area contributed by atoms with Gasteiger partial charge in [0.2, 0.25) is 0 Å². The average molecular weight is 273 g/mol. The molecule has 0 atom stereocenters. The molecule has 0 bridgehead atoms. The highest BCUT2D eigenvalue weighted by molar-refractivity contribution is 7.91. The Balaban J connectivity index is 2.18. The number of aromatic carboxylic acids is 1. The van der Waals surface area contributed by atoms with E-state index in [1.807, 2.05) is 0 Å². The molecular weight excluding hydrogens is 262 g/mol. The number of nitrogens with zero attached hydrogens (tertiary/aromatic N) is 2. The van der Waals surface area contributed by atoms with Crippen LogP contribution in [0.2, 0.25) is 0 Å². The van der Waals surface area contributed by atoms with Gasteiger partial charge in [0, 0.05) is 13.1 Å². The van der Waals surface area contributed by atoms with Crippen LogP contribution >= 0.6 is 0 Å². The van der Waals surface area contributed by atoms with Gasteiger partial charge < -0.3 is 15.0 Å². The van der Waals surface area contributed by atoms with E-state index in [0.717, 1.165) is 6.33 Å². The lowest BCUT2D eigenvalue weighted by Gasteiger charge is -2.26. The first-order valence-electron chi connectivity index (χ1n) is 5.17. The Morgan fingerprint density at radius 3 is 2.50 bits per heavy atom. The van der Waals surface area contributed by atoms with Crippen molar-refractivity contribution < 1.29 is 23.1 Å². The molecular formula is C9H11N3O5S. The maximum atomic E-state index is 12.0. The molecule has 2 heterocycles. The molecule has 0 spiro atoms. The van der Waals surface area contributed by atoms with E-state index in [1.165, 1.54) is 4.90 Å². The van der Waals surface area contributed by atoms with Crippen LogP contribution in [0.15, 0.2) is 6.33 Å². The Hall–Kier alpha value is -1.90. The number of hydrogen-bond acceptors (Lipinski definition) is 5. The number of carboxylic acid groups (broad SMARTS) is 1. The molecule has 98 valence electrons. The number of carboxylic acids is 1. The van der Waals surface area contributed by atoms with E-state index in [1.54, 1.807) is 0 Å². The molecule has 9 heteroatoms. The van der Waals surface area contributed by atoms with Crippen LogP contribution in [0.3, 0.4) is 0 Å². The second-order valence-electron chi connectivity index (χ2n) is 3.88. The number of aromatic amines is 1. The van der Waals surface area contributed by atoms with E-state index < -0.39 is 21.7 Å². The quantitative estimate of drug-likeness (QED) is 0.711. The lowest BCUT2D eigenvalue weighted by molar-refractivity contribution is 0.0671. The molecule has 0 radical (unpaired) electrons. The molecule has 1 aliphatic rings. The van der Waals surface area contributed by atoms with Crippen molar-refractivity contribution in [3.63, 3.8) is 0 Å². The Labute approximate surface area is 103 Å². The number of rotatable bonds is 2. The molecule has 1 aromatic rings. The molecule has 0 saturated carbocycles. The van der Waals surface area contributed by atoms with Gasteiger partial charge in [-0.3, -0.25) is 4.79 Å². The van der Waals surface area contributed by atoms with Crippen LogP contribution in [0.25, 0.3) is 0 Å². The Morgan fingerprint density at radius 2 is 1.94 bits per heavy atom. The maximum Gasteiger partial charge on any atom is 0.354 e. The van der Waals surface area contributed by atoms with Gasteiger partial charge in [-0.15, -0.1) is 0 Å². The van der Waals surface area contributed by atoms with Gasteiger partial charge in [-0.05, 0) is 0 Å². The van der Waals surface area contributed by atoms with Crippen LogP contribution < -0.4 is 0 Å². The van der Waals surface area contributed by atoms with Gasteiger partial charge in [0.05, 0.1) is 17.8 Å². The van der Waals surface area contributed by atoms with Crippen LogP contribution in [-0.4, -0.2) is 64.9 Å². The van der Waals surface area contributed by atoms with Crippen molar-refractivity contribution in [2.24, 2.45) is 0 Å². The van der Waals surface area contributed by atoms with Gasteiger partial charge >= 0.3 is 5.97 Å². The SMILES string of the molecule is O=C(O)c1[nH]cnc1C(=O)N1CCS(=O)(=O)CC1. The van der Waals surface area contributed by atoms with Crippen molar-refractivity contribution in [2.75, 3.05) is 24.6 Å². The predicted octanol–water partition coefficient (Wildman–Crippen LogP) is -1.02. The summed E-state index contributed by atoms with van der Waals surface area (Å²) in [6, 6.07) is 0. The van der Waals surface area contributed by atoms with Gasteiger partial charge in [-0.1, -0.05) is 0 Å². The number of hydrogen-bond donors (Lipinski definition) is 2. The molecule has 0 aromatic carbocycles. The summed E-state index contributed by atoms with van der Waals surface area (Å²) in [6.45, 7) is 0.125. The third-order valence-corrected chi connectivity index (χ3v) is 4.30. The topological polar surface area (TPSA) is 120 Å². The van der Waals surface area contributed by atoms with Crippen LogP contribution in [-0.2, 0) is 9.84 Å². The number of sulfone groups is 1. The van der Waals surface area contributed by atoms with Gasteiger partial charge in [-0.2, -0.15) is 0 Å². The number of carbonyl (C=O) groups excluding carboxylic acids is 1. The molecule has 1 amide bonds. The van der Waals surface area contributed by atoms with E-state index in [9.17, 15) is 18.0 Å². The summed E-state index contributed by atoms with van der Waals surface area (Å²) < 4.78 is 22.5. The molecule has 2 N–H and O–H groups in total. The van der Waals surface area contributed by atoms with Crippen LogP contribution in [0.5, 0.6) is 0 Å². The molecule has 2 rings (SSSR count). The van der Waals surface area contributed by atoms with Crippen molar-refractivity contribution in [3.8, 4) is 0 Å². The Kier molecular flexibility index (Phi) is 3.07. The van der Waals surface area contributed by atoms with Gasteiger partial charge in [0.15, 0.2) is 21.2 Å². The zero-order valence-corrected chi connectivity index (χ0v) is 10.1. The molecule has 8 nitrogen and oxygen atoms in total. The summed E-state index contributed by atoms with van der Waals surface area (Å²) in [4.78, 5) is 30.1. The first kappa shape index (κ1) is 12.6. The second kappa shape index (κ2) is 4.41. The minimum absolute atomic E-state index is 0.0626. The molecule has 0 unspecified atom stereocenters. The van der Waals surface area contributed by atoms with Crippen molar-refractivity contribution >= 4 is 21.7 Å². The third-order valence-electron chi connectivity index (χ3n) is 2.69. The zero-order valence-electron chi connectivity index (χ0n) is 9.29. The summed E-state index contributed by atoms with van der Waals surface area (Å²) >= 11 is 0. The third kappa shape index (κ3) is 2.35. The summed E-state index contributed by atoms with van der Waals surface area (Å²) in [5.41, 5.74) is -0.477. The van der Waals surface area contributed by atoms with E-state index in [2.05, 4.69) is 9.97 Å². The average Bonchev–Trinajstić information content (AvgIpc) is 2.77. The van der Waals surface area contributed by atoms with Crippen LogP contribution in [0, 0.1) is 0 Å². The minimum Gasteiger partial charge on any atom is -0.477 e. The van der Waals surface area contributed by atoms with Crippen molar-refractivity contribution in [2.45, 2.75) is 0 Å². The van der Waals surface area contributed by atoms with Crippen molar-refractivity contribution in [1.82, 2.24) is 14.9 Å². The van der Waals surface area contributed by atoms with Gasteiger partial charge in [0.1, 0.15) is 0 Å². The molecule has 1 fully saturated rings. The van der Waals surface area contributed by atoms with E-state index in [4.69, 9.17) is 5.11 Å².